The van der Waals surface area contributed by atoms with Crippen molar-refractivity contribution in [2.24, 2.45) is 10.7 Å². The quantitative estimate of drug-likeness (QED) is 0.381. The molecule has 3 aromatic carbocycles. The number of rotatable bonds is 5. The van der Waals surface area contributed by atoms with Crippen LogP contribution in [0.25, 0.3) is 6.08 Å². The second-order valence-electron chi connectivity index (χ2n) is 7.39. The zero-order valence-electron chi connectivity index (χ0n) is 17.1. The second-order valence-corrected chi connectivity index (χ2v) is 8.26. The molecule has 0 spiro atoms. The summed E-state index contributed by atoms with van der Waals surface area (Å²) in [7, 11) is 0. The zero-order chi connectivity index (χ0) is 21.6. The maximum Gasteiger partial charge on any atom is 0.124 e. The molecule has 0 unspecified atom stereocenters. The number of amidine groups is 1. The summed E-state index contributed by atoms with van der Waals surface area (Å²) in [4.78, 5) is 9.16. The minimum Gasteiger partial charge on any atom is -0.384 e. The predicted octanol–water partition coefficient (Wildman–Crippen LogP) is 6.02. The van der Waals surface area contributed by atoms with Gasteiger partial charge in [0, 0.05) is 47.6 Å². The predicted molar refractivity (Wildman–Crippen MR) is 134 cm³/mol. The fourth-order valence-corrected chi connectivity index (χ4v) is 3.89. The number of benzene rings is 3. The van der Waals surface area contributed by atoms with E-state index in [1.165, 1.54) is 11.4 Å². The van der Waals surface area contributed by atoms with Gasteiger partial charge in [-0.05, 0) is 66.2 Å². The van der Waals surface area contributed by atoms with E-state index in [0.29, 0.717) is 10.9 Å². The van der Waals surface area contributed by atoms with E-state index in [-0.39, 0.29) is 0 Å². The van der Waals surface area contributed by atoms with Crippen LogP contribution in [0.4, 0.5) is 17.1 Å². The van der Waals surface area contributed by atoms with Crippen molar-refractivity contribution < 1.29 is 0 Å². The van der Waals surface area contributed by atoms with Crippen LogP contribution < -0.4 is 15.5 Å². The van der Waals surface area contributed by atoms with E-state index in [4.69, 9.17) is 28.9 Å². The van der Waals surface area contributed by atoms with Crippen LogP contribution in [0.2, 0.25) is 10.0 Å². The summed E-state index contributed by atoms with van der Waals surface area (Å²) in [6.07, 6.45) is 3.78. The molecule has 0 aliphatic carbocycles. The summed E-state index contributed by atoms with van der Waals surface area (Å²) in [5.41, 5.74) is 10.3. The first kappa shape index (κ1) is 21.3. The van der Waals surface area contributed by atoms with E-state index < -0.39 is 0 Å². The van der Waals surface area contributed by atoms with Crippen LogP contribution in [0.15, 0.2) is 83.9 Å². The lowest BCUT2D eigenvalue weighted by molar-refractivity contribution is 0.653. The van der Waals surface area contributed by atoms with Gasteiger partial charge in [0.2, 0.25) is 0 Å². The van der Waals surface area contributed by atoms with Gasteiger partial charge in [-0.1, -0.05) is 47.5 Å². The molecule has 0 radical (unpaired) electrons. The largest absolute Gasteiger partial charge is 0.384 e. The summed E-state index contributed by atoms with van der Waals surface area (Å²) < 4.78 is 0. The van der Waals surface area contributed by atoms with E-state index >= 15 is 0 Å². The lowest BCUT2D eigenvalue weighted by Gasteiger charge is -2.37. The molecular formula is C25H24Cl2N4. The smallest absolute Gasteiger partial charge is 0.124 e. The Labute approximate surface area is 193 Å². The van der Waals surface area contributed by atoms with Gasteiger partial charge in [-0.15, -0.1) is 0 Å². The van der Waals surface area contributed by atoms with E-state index in [1.807, 2.05) is 42.5 Å². The summed E-state index contributed by atoms with van der Waals surface area (Å²) in [5, 5.41) is 1.46. The van der Waals surface area contributed by atoms with Crippen LogP contribution in [0, 0.1) is 0 Å². The minimum atomic E-state index is 0.448. The van der Waals surface area contributed by atoms with Crippen molar-refractivity contribution in [1.29, 1.82) is 0 Å². The molecule has 3 aromatic rings. The fourth-order valence-electron chi connectivity index (χ4n) is 3.58. The maximum atomic E-state index is 6.13. The second kappa shape index (κ2) is 9.90. The van der Waals surface area contributed by atoms with Gasteiger partial charge in [0.1, 0.15) is 5.84 Å². The molecule has 0 atom stereocenters. The SMILES string of the molecule is NC(C=Cc1ccc(N2CCN(c3cccc(Cl)c3)CC2)cc1)=Nc1ccc(Cl)cc1. The molecule has 2 N–H and O–H groups in total. The Hall–Kier alpha value is -2.95. The normalized spacial score (nSPS) is 15.0. The van der Waals surface area contributed by atoms with Gasteiger partial charge in [0.05, 0.1) is 5.69 Å². The van der Waals surface area contributed by atoms with Crippen molar-refractivity contribution in [2.75, 3.05) is 36.0 Å². The number of nitrogens with two attached hydrogens (primary N) is 1. The highest BCUT2D eigenvalue weighted by Gasteiger charge is 2.17. The molecule has 6 heteroatoms. The number of nitrogens with zero attached hydrogens (tertiary/aromatic N) is 3. The third-order valence-electron chi connectivity index (χ3n) is 5.24. The van der Waals surface area contributed by atoms with Crippen molar-refractivity contribution in [3.8, 4) is 0 Å². The van der Waals surface area contributed by atoms with Crippen LogP contribution in [0.5, 0.6) is 0 Å². The monoisotopic (exact) mass is 450 g/mol. The molecule has 0 amide bonds. The molecule has 0 saturated carbocycles. The Morgan fingerprint density at radius 3 is 2.06 bits per heavy atom. The minimum absolute atomic E-state index is 0.448. The number of anilines is 2. The lowest BCUT2D eigenvalue weighted by Crippen LogP contribution is -2.46. The average molecular weight is 451 g/mol. The van der Waals surface area contributed by atoms with Crippen LogP contribution in [-0.2, 0) is 0 Å². The van der Waals surface area contributed by atoms with E-state index in [9.17, 15) is 0 Å². The first-order valence-corrected chi connectivity index (χ1v) is 11.0. The highest BCUT2D eigenvalue weighted by Crippen LogP contribution is 2.23. The van der Waals surface area contributed by atoms with Gasteiger partial charge in [0.25, 0.3) is 0 Å². The Morgan fingerprint density at radius 2 is 1.42 bits per heavy atom. The number of hydrogen-bond acceptors (Lipinski definition) is 3. The van der Waals surface area contributed by atoms with E-state index in [2.05, 4.69) is 45.1 Å². The number of halogens is 2. The highest BCUT2D eigenvalue weighted by molar-refractivity contribution is 6.31. The third kappa shape index (κ3) is 5.81. The molecule has 31 heavy (non-hydrogen) atoms. The highest BCUT2D eigenvalue weighted by atomic mass is 35.5. The van der Waals surface area contributed by atoms with Gasteiger partial charge in [-0.2, -0.15) is 0 Å². The number of hydrogen-bond donors (Lipinski definition) is 1. The van der Waals surface area contributed by atoms with Gasteiger partial charge in [-0.3, -0.25) is 0 Å². The van der Waals surface area contributed by atoms with Gasteiger partial charge >= 0.3 is 0 Å². The molecule has 1 aliphatic rings. The topological polar surface area (TPSA) is 44.9 Å². The zero-order valence-corrected chi connectivity index (χ0v) is 18.6. The molecule has 0 aromatic heterocycles. The first-order valence-electron chi connectivity index (χ1n) is 10.2. The molecule has 1 aliphatic heterocycles. The molecule has 4 nitrogen and oxygen atoms in total. The summed E-state index contributed by atoms with van der Waals surface area (Å²) >= 11 is 12.0. The summed E-state index contributed by atoms with van der Waals surface area (Å²) in [5.74, 6) is 0.448. The van der Waals surface area contributed by atoms with Crippen LogP contribution in [0.3, 0.4) is 0 Å². The summed E-state index contributed by atoms with van der Waals surface area (Å²) in [6, 6.07) is 23.8. The number of piperazine rings is 1. The van der Waals surface area contributed by atoms with Crippen molar-refractivity contribution in [1.82, 2.24) is 0 Å². The average Bonchev–Trinajstić information content (AvgIpc) is 2.80. The van der Waals surface area contributed by atoms with Crippen LogP contribution >= 0.6 is 23.2 Å². The Balaban J connectivity index is 1.34. The molecule has 1 saturated heterocycles. The van der Waals surface area contributed by atoms with Crippen molar-refractivity contribution in [2.45, 2.75) is 0 Å². The summed E-state index contributed by atoms with van der Waals surface area (Å²) in [6.45, 7) is 3.89. The molecule has 0 bridgehead atoms. The van der Waals surface area contributed by atoms with Crippen molar-refractivity contribution >= 4 is 52.2 Å². The fraction of sp³-hybridized carbons (Fsp3) is 0.160. The van der Waals surface area contributed by atoms with Crippen LogP contribution in [-0.4, -0.2) is 32.0 Å². The van der Waals surface area contributed by atoms with E-state index in [0.717, 1.165) is 42.5 Å². The molecular weight excluding hydrogens is 427 g/mol. The maximum absolute atomic E-state index is 6.13. The van der Waals surface area contributed by atoms with Gasteiger partial charge < -0.3 is 15.5 Å². The molecule has 4 rings (SSSR count). The lowest BCUT2D eigenvalue weighted by atomic mass is 10.1. The Bertz CT molecular complexity index is 1070. The van der Waals surface area contributed by atoms with Crippen molar-refractivity contribution in [3.63, 3.8) is 0 Å². The molecule has 158 valence electrons. The van der Waals surface area contributed by atoms with Crippen LogP contribution in [0.1, 0.15) is 5.56 Å². The van der Waals surface area contributed by atoms with Gasteiger partial charge in [0.15, 0.2) is 0 Å². The van der Waals surface area contributed by atoms with Gasteiger partial charge in [-0.25, -0.2) is 4.99 Å². The molecule has 1 fully saturated rings. The third-order valence-corrected chi connectivity index (χ3v) is 5.73. The first-order chi connectivity index (χ1) is 15.1. The number of aliphatic imine (C=N–C) groups is 1. The Kier molecular flexibility index (Phi) is 6.80. The Morgan fingerprint density at radius 1 is 0.774 bits per heavy atom. The van der Waals surface area contributed by atoms with Crippen molar-refractivity contribution in [3.05, 3.63) is 94.5 Å². The van der Waals surface area contributed by atoms with E-state index in [1.54, 1.807) is 12.1 Å². The standard InChI is InChI=1S/C25H24Cl2N4/c26-20-7-9-22(10-8-20)29-25(28)13-6-19-4-11-23(12-5-19)30-14-16-31(17-15-30)24-3-1-2-21(27)18-24/h1-13,18H,14-17H2,(H2,28,29). The molecule has 1 heterocycles.